The van der Waals surface area contributed by atoms with E-state index in [1.54, 1.807) is 0 Å². The van der Waals surface area contributed by atoms with Gasteiger partial charge < -0.3 is 30.9 Å². The highest BCUT2D eigenvalue weighted by Gasteiger charge is 2.24. The molecule has 8 heteroatoms. The average molecular weight is 322 g/mol. The summed E-state index contributed by atoms with van der Waals surface area (Å²) in [7, 11) is 4.24. The molecule has 0 radical (unpaired) electrons. The van der Waals surface area contributed by atoms with Crippen molar-refractivity contribution in [3.63, 3.8) is 0 Å². The normalized spacial score (nSPS) is 12.9. The van der Waals surface area contributed by atoms with E-state index in [4.69, 9.17) is 31.2 Å². The zero-order chi connectivity index (χ0) is 18.0. The van der Waals surface area contributed by atoms with Gasteiger partial charge in [0.15, 0.2) is 0 Å². The Morgan fingerprint density at radius 1 is 1.18 bits per heavy atom. The van der Waals surface area contributed by atoms with Crippen LogP contribution < -0.4 is 11.5 Å². The van der Waals surface area contributed by atoms with Crippen LogP contribution in [0.25, 0.3) is 0 Å². The summed E-state index contributed by atoms with van der Waals surface area (Å²) in [5.41, 5.74) is 10.9. The SMILES string of the molecule is CC(C)(C)OC(=O)C(N)CC[N+](C)(C)CCCN.O=C(O)O. The minimum atomic E-state index is -1.83. The van der Waals surface area contributed by atoms with Crippen molar-refractivity contribution in [2.45, 2.75) is 45.3 Å². The number of carbonyl (C=O) groups is 2. The van der Waals surface area contributed by atoms with Gasteiger partial charge >= 0.3 is 12.1 Å². The number of carbonyl (C=O) groups excluding carboxylic acids is 1. The van der Waals surface area contributed by atoms with Gasteiger partial charge in [-0.2, -0.15) is 0 Å². The Morgan fingerprint density at radius 2 is 1.64 bits per heavy atom. The van der Waals surface area contributed by atoms with Crippen LogP contribution in [0.15, 0.2) is 0 Å². The van der Waals surface area contributed by atoms with Crippen LogP contribution in [0.2, 0.25) is 0 Å². The van der Waals surface area contributed by atoms with E-state index in [-0.39, 0.29) is 5.97 Å². The minimum absolute atomic E-state index is 0.318. The summed E-state index contributed by atoms with van der Waals surface area (Å²) in [6.07, 6.45) is -0.221. The number of hydrogen-bond acceptors (Lipinski definition) is 5. The number of carboxylic acid groups (broad SMARTS) is 2. The molecule has 0 rings (SSSR count). The topological polar surface area (TPSA) is 136 Å². The number of ether oxygens (including phenoxy) is 1. The maximum absolute atomic E-state index is 11.7. The van der Waals surface area contributed by atoms with Crippen molar-refractivity contribution in [3.8, 4) is 0 Å². The van der Waals surface area contributed by atoms with Gasteiger partial charge in [0, 0.05) is 12.8 Å². The van der Waals surface area contributed by atoms with Crippen molar-refractivity contribution in [3.05, 3.63) is 0 Å². The smallest absolute Gasteiger partial charge is 0.459 e. The summed E-state index contributed by atoms with van der Waals surface area (Å²) < 4.78 is 6.08. The molecule has 0 aromatic heterocycles. The summed E-state index contributed by atoms with van der Waals surface area (Å²) >= 11 is 0. The van der Waals surface area contributed by atoms with Gasteiger partial charge in [-0.15, -0.1) is 0 Å². The molecule has 0 aliphatic rings. The van der Waals surface area contributed by atoms with Crippen molar-refractivity contribution in [1.29, 1.82) is 0 Å². The van der Waals surface area contributed by atoms with Crippen LogP contribution in [0.3, 0.4) is 0 Å². The third-order valence-electron chi connectivity index (χ3n) is 2.72. The molecule has 1 atom stereocenters. The fourth-order valence-corrected chi connectivity index (χ4v) is 1.62. The fourth-order valence-electron chi connectivity index (χ4n) is 1.62. The maximum Gasteiger partial charge on any atom is 0.503 e. The zero-order valence-electron chi connectivity index (χ0n) is 14.3. The lowest BCUT2D eigenvalue weighted by Crippen LogP contribution is -2.46. The van der Waals surface area contributed by atoms with E-state index in [0.717, 1.165) is 24.0 Å². The molecule has 0 saturated heterocycles. The first kappa shape index (κ1) is 22.9. The predicted octanol–water partition coefficient (Wildman–Crippen LogP) is 0.693. The number of nitrogens with zero attached hydrogens (tertiary/aromatic N) is 1. The van der Waals surface area contributed by atoms with Gasteiger partial charge in [0.05, 0.1) is 27.2 Å². The van der Waals surface area contributed by atoms with E-state index in [1.165, 1.54) is 0 Å². The van der Waals surface area contributed by atoms with E-state index in [9.17, 15) is 4.79 Å². The molecule has 0 amide bonds. The van der Waals surface area contributed by atoms with Gasteiger partial charge in [-0.05, 0) is 27.3 Å². The summed E-state index contributed by atoms with van der Waals surface area (Å²) in [5.74, 6) is -0.318. The molecule has 0 aliphatic carbocycles. The van der Waals surface area contributed by atoms with Crippen molar-refractivity contribution in [2.24, 2.45) is 11.5 Å². The lowest BCUT2D eigenvalue weighted by molar-refractivity contribution is -0.890. The van der Waals surface area contributed by atoms with Crippen molar-refractivity contribution in [2.75, 3.05) is 33.7 Å². The van der Waals surface area contributed by atoms with E-state index in [1.807, 2.05) is 20.8 Å². The quantitative estimate of drug-likeness (QED) is 0.400. The fraction of sp³-hybridized carbons (Fsp3) is 0.857. The van der Waals surface area contributed by atoms with E-state index >= 15 is 0 Å². The summed E-state index contributed by atoms with van der Waals surface area (Å²) in [4.78, 5) is 20.3. The van der Waals surface area contributed by atoms with Crippen LogP contribution in [-0.4, -0.2) is 72.2 Å². The Hall–Kier alpha value is -1.38. The van der Waals surface area contributed by atoms with Crippen molar-refractivity contribution in [1.82, 2.24) is 0 Å². The highest BCUT2D eigenvalue weighted by Crippen LogP contribution is 2.10. The summed E-state index contributed by atoms with van der Waals surface area (Å²) in [6, 6.07) is -0.542. The highest BCUT2D eigenvalue weighted by atomic mass is 16.6. The molecule has 0 spiro atoms. The first-order valence-corrected chi connectivity index (χ1v) is 7.23. The highest BCUT2D eigenvalue weighted by molar-refractivity contribution is 5.75. The number of nitrogens with two attached hydrogens (primary N) is 2. The molecule has 132 valence electrons. The largest absolute Gasteiger partial charge is 0.503 e. The van der Waals surface area contributed by atoms with Crippen LogP contribution in [0.1, 0.15) is 33.6 Å². The minimum Gasteiger partial charge on any atom is -0.459 e. The molecule has 0 heterocycles. The second-order valence-corrected chi connectivity index (χ2v) is 6.74. The zero-order valence-corrected chi connectivity index (χ0v) is 14.3. The van der Waals surface area contributed by atoms with Gasteiger partial charge in [-0.25, -0.2) is 4.79 Å². The summed E-state index contributed by atoms with van der Waals surface area (Å²) in [5, 5.41) is 13.9. The van der Waals surface area contributed by atoms with Gasteiger partial charge in [-0.3, -0.25) is 4.79 Å². The van der Waals surface area contributed by atoms with E-state index in [2.05, 4.69) is 14.1 Å². The molecule has 6 N–H and O–H groups in total. The molecule has 0 saturated carbocycles. The molecule has 0 fully saturated rings. The van der Waals surface area contributed by atoms with Crippen LogP contribution in [0.5, 0.6) is 0 Å². The summed E-state index contributed by atoms with van der Waals surface area (Å²) in [6.45, 7) is 8.08. The van der Waals surface area contributed by atoms with Gasteiger partial charge in [0.25, 0.3) is 0 Å². The molecule has 22 heavy (non-hydrogen) atoms. The second kappa shape index (κ2) is 10.4. The van der Waals surface area contributed by atoms with Gasteiger partial charge in [0.1, 0.15) is 11.6 Å². The molecular formula is C14H32N3O5+. The standard InChI is InChI=1S/C13H30N3O2.CH2O3/c1-13(2,3)18-12(17)11(15)7-10-16(4,5)9-6-8-14;2-1(3)4/h11H,6-10,14-15H2,1-5H3;(H2,2,3,4)/q+1;. The predicted molar refractivity (Wildman–Crippen MR) is 84.6 cm³/mol. The molecule has 0 aromatic rings. The van der Waals surface area contributed by atoms with Gasteiger partial charge in [-0.1, -0.05) is 0 Å². The Bertz CT molecular complexity index is 336. The first-order valence-electron chi connectivity index (χ1n) is 7.23. The third-order valence-corrected chi connectivity index (χ3v) is 2.72. The van der Waals surface area contributed by atoms with Crippen molar-refractivity contribution < 1.29 is 29.0 Å². The molecule has 8 nitrogen and oxygen atoms in total. The molecule has 0 bridgehead atoms. The number of quaternary nitrogens is 1. The second-order valence-electron chi connectivity index (χ2n) is 6.74. The number of esters is 1. The van der Waals surface area contributed by atoms with Crippen LogP contribution in [0, 0.1) is 0 Å². The maximum atomic E-state index is 11.7. The van der Waals surface area contributed by atoms with Crippen LogP contribution in [-0.2, 0) is 9.53 Å². The van der Waals surface area contributed by atoms with Crippen LogP contribution in [0.4, 0.5) is 4.79 Å². The monoisotopic (exact) mass is 322 g/mol. The molecule has 0 aromatic carbocycles. The molecule has 0 aliphatic heterocycles. The lowest BCUT2D eigenvalue weighted by atomic mass is 10.1. The Balaban J connectivity index is 0. The Labute approximate surface area is 132 Å². The van der Waals surface area contributed by atoms with E-state index < -0.39 is 17.8 Å². The Kier molecular flexibility index (Phi) is 10.8. The van der Waals surface area contributed by atoms with Crippen molar-refractivity contribution >= 4 is 12.1 Å². The number of rotatable bonds is 7. The Morgan fingerprint density at radius 3 is 2.00 bits per heavy atom. The molecule has 1 unspecified atom stereocenters. The molecular weight excluding hydrogens is 290 g/mol. The third kappa shape index (κ3) is 16.7. The first-order chi connectivity index (χ1) is 9.80. The lowest BCUT2D eigenvalue weighted by Gasteiger charge is -2.31. The van der Waals surface area contributed by atoms with Crippen LogP contribution >= 0.6 is 0 Å². The average Bonchev–Trinajstić information content (AvgIpc) is 2.31. The van der Waals surface area contributed by atoms with E-state index in [0.29, 0.717) is 13.0 Å². The van der Waals surface area contributed by atoms with Gasteiger partial charge in [0.2, 0.25) is 0 Å². The number of hydrogen-bond donors (Lipinski definition) is 4.